The topological polar surface area (TPSA) is 75.7 Å². The van der Waals surface area contributed by atoms with E-state index < -0.39 is 10.0 Å². The Labute approximate surface area is 147 Å². The molecule has 0 unspecified atom stereocenters. The van der Waals surface area contributed by atoms with Gasteiger partial charge in [0.15, 0.2) is 0 Å². The van der Waals surface area contributed by atoms with Gasteiger partial charge in [-0.05, 0) is 55.3 Å². The molecule has 2 aromatic carbocycles. The fourth-order valence-corrected chi connectivity index (χ4v) is 3.83. The predicted octanol–water partition coefficient (Wildman–Crippen LogP) is 3.01. The Kier molecular flexibility index (Phi) is 4.94. The largest absolute Gasteiger partial charge is 0.497 e. The van der Waals surface area contributed by atoms with Crippen molar-refractivity contribution in [2.45, 2.75) is 24.2 Å². The maximum absolute atomic E-state index is 12.5. The number of rotatable bonds is 5. The van der Waals surface area contributed by atoms with Crippen molar-refractivity contribution in [3.05, 3.63) is 48.5 Å². The monoisotopic (exact) mass is 360 g/mol. The molecule has 0 saturated carbocycles. The maximum Gasteiger partial charge on any atom is 0.261 e. The van der Waals surface area contributed by atoms with Crippen LogP contribution in [0.15, 0.2) is 53.4 Å². The van der Waals surface area contributed by atoms with Gasteiger partial charge >= 0.3 is 0 Å². The summed E-state index contributed by atoms with van der Waals surface area (Å²) in [6.07, 6.45) is 2.38. The Bertz CT molecular complexity index is 863. The highest BCUT2D eigenvalue weighted by atomic mass is 32.2. The van der Waals surface area contributed by atoms with E-state index in [0.717, 1.165) is 12.8 Å². The lowest BCUT2D eigenvalue weighted by Crippen LogP contribution is -2.35. The summed E-state index contributed by atoms with van der Waals surface area (Å²) >= 11 is 0. The van der Waals surface area contributed by atoms with Crippen LogP contribution in [-0.4, -0.2) is 28.0 Å². The SMILES string of the molecule is COc1ccc(S(=O)(=O)Nc2cccc(N3CCCCC3=O)c2)cc1. The lowest BCUT2D eigenvalue weighted by atomic mass is 10.1. The molecule has 0 atom stereocenters. The Morgan fingerprint density at radius 1 is 1.08 bits per heavy atom. The van der Waals surface area contributed by atoms with E-state index in [1.807, 2.05) is 6.07 Å². The number of carbonyl (C=O) groups is 1. The van der Waals surface area contributed by atoms with Crippen LogP contribution in [0.5, 0.6) is 5.75 Å². The molecule has 0 bridgehead atoms. The number of nitrogens with zero attached hydrogens (tertiary/aromatic N) is 1. The van der Waals surface area contributed by atoms with Crippen LogP contribution in [0.2, 0.25) is 0 Å². The highest BCUT2D eigenvalue weighted by Crippen LogP contribution is 2.25. The van der Waals surface area contributed by atoms with Gasteiger partial charge in [-0.2, -0.15) is 0 Å². The molecular weight excluding hydrogens is 340 g/mol. The molecule has 7 heteroatoms. The molecule has 2 aromatic rings. The zero-order valence-electron chi connectivity index (χ0n) is 13.9. The molecule has 1 heterocycles. The third-order valence-corrected chi connectivity index (χ3v) is 5.50. The van der Waals surface area contributed by atoms with Crippen molar-refractivity contribution in [2.75, 3.05) is 23.3 Å². The quantitative estimate of drug-likeness (QED) is 0.889. The van der Waals surface area contributed by atoms with Crippen molar-refractivity contribution in [1.82, 2.24) is 0 Å². The number of carbonyl (C=O) groups excluding carboxylic acids is 1. The van der Waals surface area contributed by atoms with Gasteiger partial charge in [0.05, 0.1) is 17.7 Å². The minimum atomic E-state index is -3.71. The molecule has 1 saturated heterocycles. The fraction of sp³-hybridized carbons (Fsp3) is 0.278. The summed E-state index contributed by atoms with van der Waals surface area (Å²) in [6, 6.07) is 13.1. The Hall–Kier alpha value is -2.54. The molecule has 3 rings (SSSR count). The van der Waals surface area contributed by atoms with Gasteiger partial charge in [0, 0.05) is 18.7 Å². The number of ether oxygens (including phenoxy) is 1. The van der Waals surface area contributed by atoms with Gasteiger partial charge in [0.25, 0.3) is 10.0 Å². The van der Waals surface area contributed by atoms with Gasteiger partial charge in [-0.1, -0.05) is 6.07 Å². The van der Waals surface area contributed by atoms with Gasteiger partial charge in [0.1, 0.15) is 5.75 Å². The summed E-state index contributed by atoms with van der Waals surface area (Å²) in [7, 11) is -2.19. The molecule has 1 aliphatic rings. The number of hydrogen-bond donors (Lipinski definition) is 1. The third-order valence-electron chi connectivity index (χ3n) is 4.10. The van der Waals surface area contributed by atoms with Crippen LogP contribution in [0.25, 0.3) is 0 Å². The molecule has 1 aliphatic heterocycles. The standard InChI is InChI=1S/C18H20N2O4S/c1-24-16-8-10-17(11-9-16)25(22,23)19-14-5-4-6-15(13-14)20-12-3-2-7-18(20)21/h4-6,8-11,13,19H,2-3,7,12H2,1H3. The number of piperidine rings is 1. The van der Waals surface area contributed by atoms with Crippen LogP contribution >= 0.6 is 0 Å². The van der Waals surface area contributed by atoms with E-state index in [0.29, 0.717) is 30.1 Å². The van der Waals surface area contributed by atoms with Crippen molar-refractivity contribution in [2.24, 2.45) is 0 Å². The molecular formula is C18H20N2O4S. The number of sulfonamides is 1. The molecule has 1 N–H and O–H groups in total. The molecule has 1 amide bonds. The molecule has 0 aromatic heterocycles. The number of hydrogen-bond acceptors (Lipinski definition) is 4. The van der Waals surface area contributed by atoms with E-state index in [2.05, 4.69) is 4.72 Å². The number of anilines is 2. The van der Waals surface area contributed by atoms with Crippen LogP contribution in [0, 0.1) is 0 Å². The Balaban J connectivity index is 1.82. The van der Waals surface area contributed by atoms with Crippen LogP contribution in [0.3, 0.4) is 0 Å². The maximum atomic E-state index is 12.5. The molecule has 0 spiro atoms. The number of benzene rings is 2. The first kappa shape index (κ1) is 17.3. The first-order chi connectivity index (χ1) is 12.0. The molecule has 1 fully saturated rings. The smallest absolute Gasteiger partial charge is 0.261 e. The fourth-order valence-electron chi connectivity index (χ4n) is 2.79. The minimum Gasteiger partial charge on any atom is -0.497 e. The van der Waals surface area contributed by atoms with E-state index in [9.17, 15) is 13.2 Å². The predicted molar refractivity (Wildman–Crippen MR) is 96.4 cm³/mol. The van der Waals surface area contributed by atoms with Crippen molar-refractivity contribution >= 4 is 27.3 Å². The number of nitrogens with one attached hydrogen (secondary N) is 1. The molecule has 25 heavy (non-hydrogen) atoms. The van der Waals surface area contributed by atoms with Crippen molar-refractivity contribution in [3.63, 3.8) is 0 Å². The van der Waals surface area contributed by atoms with E-state index in [1.54, 1.807) is 35.2 Å². The summed E-state index contributed by atoms with van der Waals surface area (Å²) in [5.74, 6) is 0.658. The van der Waals surface area contributed by atoms with Gasteiger partial charge in [-0.15, -0.1) is 0 Å². The number of amides is 1. The molecule has 0 radical (unpaired) electrons. The van der Waals surface area contributed by atoms with E-state index in [4.69, 9.17) is 4.74 Å². The van der Waals surface area contributed by atoms with Gasteiger partial charge in [0.2, 0.25) is 5.91 Å². The van der Waals surface area contributed by atoms with Crippen LogP contribution in [0.4, 0.5) is 11.4 Å². The van der Waals surface area contributed by atoms with Crippen LogP contribution < -0.4 is 14.4 Å². The average Bonchev–Trinajstić information content (AvgIpc) is 2.62. The van der Waals surface area contributed by atoms with Crippen molar-refractivity contribution in [1.29, 1.82) is 0 Å². The van der Waals surface area contributed by atoms with Gasteiger partial charge in [-0.3, -0.25) is 9.52 Å². The summed E-state index contributed by atoms with van der Waals surface area (Å²) in [5, 5.41) is 0. The van der Waals surface area contributed by atoms with E-state index in [-0.39, 0.29) is 10.8 Å². The summed E-state index contributed by atoms with van der Waals surface area (Å²) in [5.41, 5.74) is 1.13. The van der Waals surface area contributed by atoms with Crippen molar-refractivity contribution in [3.8, 4) is 5.75 Å². The highest BCUT2D eigenvalue weighted by molar-refractivity contribution is 7.92. The average molecular weight is 360 g/mol. The first-order valence-electron chi connectivity index (χ1n) is 8.07. The minimum absolute atomic E-state index is 0.0708. The lowest BCUT2D eigenvalue weighted by Gasteiger charge is -2.27. The molecule has 0 aliphatic carbocycles. The number of methoxy groups -OCH3 is 1. The lowest BCUT2D eigenvalue weighted by molar-refractivity contribution is -0.119. The second kappa shape index (κ2) is 7.14. The summed E-state index contributed by atoms with van der Waals surface area (Å²) < 4.78 is 32.6. The zero-order chi connectivity index (χ0) is 17.9. The van der Waals surface area contributed by atoms with E-state index in [1.165, 1.54) is 19.2 Å². The normalized spacial score (nSPS) is 15.1. The Morgan fingerprint density at radius 2 is 1.84 bits per heavy atom. The summed E-state index contributed by atoms with van der Waals surface area (Å²) in [4.78, 5) is 13.9. The van der Waals surface area contributed by atoms with Crippen LogP contribution in [0.1, 0.15) is 19.3 Å². The van der Waals surface area contributed by atoms with Crippen molar-refractivity contribution < 1.29 is 17.9 Å². The second-order valence-electron chi connectivity index (χ2n) is 5.83. The van der Waals surface area contributed by atoms with Gasteiger partial charge < -0.3 is 9.64 Å². The Morgan fingerprint density at radius 3 is 2.52 bits per heavy atom. The summed E-state index contributed by atoms with van der Waals surface area (Å²) in [6.45, 7) is 0.660. The highest BCUT2D eigenvalue weighted by Gasteiger charge is 2.20. The molecule has 132 valence electrons. The second-order valence-corrected chi connectivity index (χ2v) is 7.52. The van der Waals surface area contributed by atoms with Crippen LogP contribution in [-0.2, 0) is 14.8 Å². The van der Waals surface area contributed by atoms with Gasteiger partial charge in [-0.25, -0.2) is 8.42 Å². The third kappa shape index (κ3) is 3.93. The first-order valence-corrected chi connectivity index (χ1v) is 9.55. The molecule has 6 nitrogen and oxygen atoms in total. The van der Waals surface area contributed by atoms with E-state index >= 15 is 0 Å². The zero-order valence-corrected chi connectivity index (χ0v) is 14.8.